The average Bonchev–Trinajstić information content (AvgIpc) is 2.28. The summed E-state index contributed by atoms with van der Waals surface area (Å²) in [4.78, 5) is 2.00. The topological polar surface area (TPSA) is 21.7 Å². The molecule has 0 fully saturated rings. The van der Waals surface area contributed by atoms with Crippen LogP contribution in [0.15, 0.2) is 18.2 Å². The quantitative estimate of drug-likeness (QED) is 0.572. The van der Waals surface area contributed by atoms with Gasteiger partial charge in [-0.05, 0) is 24.7 Å². The normalized spacial score (nSPS) is 10.5. The molecule has 0 aromatic heterocycles. The van der Waals surface area contributed by atoms with E-state index in [0.717, 1.165) is 23.6 Å². The second-order valence-electron chi connectivity index (χ2n) is 3.32. The molecule has 3 nitrogen and oxygen atoms in total. The van der Waals surface area contributed by atoms with Crippen molar-refractivity contribution >= 4 is 11.6 Å². The lowest BCUT2D eigenvalue weighted by Gasteiger charge is -2.14. The summed E-state index contributed by atoms with van der Waals surface area (Å²) in [5, 5.41) is 0. The first-order chi connectivity index (χ1) is 7.21. The molecule has 0 unspecified atom stereocenters. The summed E-state index contributed by atoms with van der Waals surface area (Å²) in [6.45, 7) is 0.795. The van der Waals surface area contributed by atoms with Gasteiger partial charge in [-0.1, -0.05) is 6.07 Å². The Hall–Kier alpha value is -0.930. The summed E-state index contributed by atoms with van der Waals surface area (Å²) in [5.41, 5.74) is 1.15. The molecule has 0 radical (unpaired) electrons. The second kappa shape index (κ2) is 5.83. The summed E-state index contributed by atoms with van der Waals surface area (Å²) >= 11 is 5.70. The number of hydrogen-bond donors (Lipinski definition) is 0. The van der Waals surface area contributed by atoms with Gasteiger partial charge in [-0.3, -0.25) is 4.90 Å². The summed E-state index contributed by atoms with van der Waals surface area (Å²) in [7, 11) is 5.22. The third-order valence-corrected chi connectivity index (χ3v) is 2.51. The largest absolute Gasteiger partial charge is 0.493 e. The maximum atomic E-state index is 5.70. The van der Waals surface area contributed by atoms with Gasteiger partial charge in [-0.25, -0.2) is 0 Å². The highest BCUT2D eigenvalue weighted by Crippen LogP contribution is 2.27. The molecule has 1 aromatic rings. The molecule has 1 aromatic carbocycles. The smallest absolute Gasteiger partial charge is 0.161 e. The van der Waals surface area contributed by atoms with Crippen LogP contribution < -0.4 is 9.47 Å². The van der Waals surface area contributed by atoms with Gasteiger partial charge in [0.15, 0.2) is 11.5 Å². The lowest BCUT2D eigenvalue weighted by Crippen LogP contribution is -2.15. The molecular formula is C11H16ClNO2. The van der Waals surface area contributed by atoms with Crippen LogP contribution in [0.4, 0.5) is 0 Å². The Balaban J connectivity index is 2.83. The van der Waals surface area contributed by atoms with Gasteiger partial charge in [0.1, 0.15) is 0 Å². The highest BCUT2D eigenvalue weighted by molar-refractivity contribution is 6.17. The van der Waals surface area contributed by atoms with Crippen molar-refractivity contribution in [2.75, 3.05) is 27.3 Å². The van der Waals surface area contributed by atoms with Crippen molar-refractivity contribution in [3.63, 3.8) is 0 Å². The molecule has 0 amide bonds. The van der Waals surface area contributed by atoms with E-state index in [-0.39, 0.29) is 0 Å². The fourth-order valence-electron chi connectivity index (χ4n) is 1.33. The molecule has 0 atom stereocenters. The van der Waals surface area contributed by atoms with Crippen molar-refractivity contribution in [3.8, 4) is 11.5 Å². The van der Waals surface area contributed by atoms with E-state index in [9.17, 15) is 0 Å². The predicted octanol–water partition coefficient (Wildman–Crippen LogP) is 2.33. The Kier molecular flexibility index (Phi) is 4.72. The third kappa shape index (κ3) is 3.29. The van der Waals surface area contributed by atoms with E-state index in [1.165, 1.54) is 0 Å². The van der Waals surface area contributed by atoms with Crippen LogP contribution in [0.1, 0.15) is 5.56 Å². The minimum absolute atomic E-state index is 0.508. The zero-order valence-corrected chi connectivity index (χ0v) is 10.0. The van der Waals surface area contributed by atoms with Gasteiger partial charge in [0.25, 0.3) is 0 Å². The number of benzene rings is 1. The molecular weight excluding hydrogens is 214 g/mol. The summed E-state index contributed by atoms with van der Waals surface area (Å²) < 4.78 is 10.4. The van der Waals surface area contributed by atoms with E-state index >= 15 is 0 Å². The van der Waals surface area contributed by atoms with Crippen LogP contribution in [0.2, 0.25) is 0 Å². The molecule has 1 rings (SSSR count). The predicted molar refractivity (Wildman–Crippen MR) is 61.7 cm³/mol. The maximum absolute atomic E-state index is 5.70. The molecule has 0 aliphatic carbocycles. The molecule has 84 valence electrons. The standard InChI is InChI=1S/C11H16ClNO2/c1-13(8-12)7-9-4-5-10(14-2)11(6-9)15-3/h4-6H,7-8H2,1-3H3. The van der Waals surface area contributed by atoms with Crippen molar-refractivity contribution in [2.45, 2.75) is 6.54 Å². The molecule has 0 saturated heterocycles. The zero-order valence-electron chi connectivity index (χ0n) is 9.29. The monoisotopic (exact) mass is 229 g/mol. The van der Waals surface area contributed by atoms with E-state index in [2.05, 4.69) is 0 Å². The third-order valence-electron chi connectivity index (χ3n) is 2.10. The van der Waals surface area contributed by atoms with Gasteiger partial charge >= 0.3 is 0 Å². The summed E-state index contributed by atoms with van der Waals surface area (Å²) in [6.07, 6.45) is 0. The first kappa shape index (κ1) is 12.1. The van der Waals surface area contributed by atoms with Crippen LogP contribution in [0.25, 0.3) is 0 Å². The van der Waals surface area contributed by atoms with Gasteiger partial charge in [0, 0.05) is 6.54 Å². The van der Waals surface area contributed by atoms with Crippen LogP contribution >= 0.6 is 11.6 Å². The molecule has 0 spiro atoms. The SMILES string of the molecule is COc1ccc(CN(C)CCl)cc1OC. The van der Waals surface area contributed by atoms with Crippen molar-refractivity contribution in [2.24, 2.45) is 0 Å². The Morgan fingerprint density at radius 3 is 2.40 bits per heavy atom. The first-order valence-corrected chi connectivity index (χ1v) is 5.20. The fraction of sp³-hybridized carbons (Fsp3) is 0.455. The van der Waals surface area contributed by atoms with E-state index in [1.807, 2.05) is 30.1 Å². The number of alkyl halides is 1. The fourth-order valence-corrected chi connectivity index (χ4v) is 1.42. The number of halogens is 1. The minimum atomic E-state index is 0.508. The van der Waals surface area contributed by atoms with E-state index < -0.39 is 0 Å². The van der Waals surface area contributed by atoms with Crippen LogP contribution in [0, 0.1) is 0 Å². The molecule has 0 heterocycles. The van der Waals surface area contributed by atoms with Gasteiger partial charge in [0.05, 0.1) is 20.2 Å². The van der Waals surface area contributed by atoms with Gasteiger partial charge in [-0.2, -0.15) is 0 Å². The van der Waals surface area contributed by atoms with Crippen LogP contribution in [0.5, 0.6) is 11.5 Å². The average molecular weight is 230 g/mol. The number of methoxy groups -OCH3 is 2. The van der Waals surface area contributed by atoms with Gasteiger partial charge < -0.3 is 9.47 Å². The van der Waals surface area contributed by atoms with E-state index in [4.69, 9.17) is 21.1 Å². The number of nitrogens with zero attached hydrogens (tertiary/aromatic N) is 1. The Bertz CT molecular complexity index is 317. The highest BCUT2D eigenvalue weighted by atomic mass is 35.5. The molecule has 0 aliphatic heterocycles. The van der Waals surface area contributed by atoms with Gasteiger partial charge in [0.2, 0.25) is 0 Å². The lowest BCUT2D eigenvalue weighted by atomic mass is 10.2. The molecule has 0 aliphatic rings. The maximum Gasteiger partial charge on any atom is 0.161 e. The van der Waals surface area contributed by atoms with Crippen LogP contribution in [-0.2, 0) is 6.54 Å². The zero-order chi connectivity index (χ0) is 11.3. The van der Waals surface area contributed by atoms with Crippen molar-refractivity contribution < 1.29 is 9.47 Å². The lowest BCUT2D eigenvalue weighted by molar-refractivity contribution is 0.350. The van der Waals surface area contributed by atoms with Crippen molar-refractivity contribution in [1.29, 1.82) is 0 Å². The number of hydrogen-bond acceptors (Lipinski definition) is 3. The molecule has 4 heteroatoms. The summed E-state index contributed by atoms with van der Waals surface area (Å²) in [5.74, 6) is 1.49. The molecule has 15 heavy (non-hydrogen) atoms. The Morgan fingerprint density at radius 1 is 1.20 bits per heavy atom. The van der Waals surface area contributed by atoms with E-state index in [0.29, 0.717) is 6.00 Å². The number of ether oxygens (including phenoxy) is 2. The minimum Gasteiger partial charge on any atom is -0.493 e. The summed E-state index contributed by atoms with van der Waals surface area (Å²) in [6, 6.07) is 6.37. The molecule has 0 bridgehead atoms. The van der Waals surface area contributed by atoms with Crippen LogP contribution in [-0.4, -0.2) is 32.2 Å². The van der Waals surface area contributed by atoms with Gasteiger partial charge in [-0.15, -0.1) is 11.6 Å². The first-order valence-electron chi connectivity index (χ1n) is 4.66. The molecule has 0 N–H and O–H groups in total. The van der Waals surface area contributed by atoms with Crippen molar-refractivity contribution in [1.82, 2.24) is 4.90 Å². The van der Waals surface area contributed by atoms with Crippen LogP contribution in [0.3, 0.4) is 0 Å². The number of rotatable bonds is 5. The second-order valence-corrected chi connectivity index (χ2v) is 3.56. The Labute approximate surface area is 95.5 Å². The van der Waals surface area contributed by atoms with E-state index in [1.54, 1.807) is 14.2 Å². The highest BCUT2D eigenvalue weighted by Gasteiger charge is 2.05. The van der Waals surface area contributed by atoms with Crippen molar-refractivity contribution in [3.05, 3.63) is 23.8 Å². The molecule has 0 saturated carbocycles. The Morgan fingerprint density at radius 2 is 1.87 bits per heavy atom.